The highest BCUT2D eigenvalue weighted by molar-refractivity contribution is 5.97. The maximum absolute atomic E-state index is 14.0. The topological polar surface area (TPSA) is 368 Å². The lowest BCUT2D eigenvalue weighted by atomic mass is 9.90. The maximum atomic E-state index is 14.0. The Labute approximate surface area is 547 Å². The van der Waals surface area contributed by atoms with Crippen molar-refractivity contribution in [2.75, 3.05) is 52.6 Å². The predicted octanol–water partition coefficient (Wildman–Crippen LogP) is 4.69. The molecule has 6 rings (SSSR count). The molecule has 0 spiro atoms. The Kier molecular flexibility index (Phi) is 31.8. The normalized spacial score (nSPS) is 12.0. The number of aliphatic imine (C=N–C) groups is 2. The summed E-state index contributed by atoms with van der Waals surface area (Å²) in [7, 11) is 0. The zero-order valence-electron chi connectivity index (χ0n) is 52.6. The Morgan fingerprint density at radius 1 is 0.383 bits per heavy atom. The van der Waals surface area contributed by atoms with Crippen LogP contribution in [0.2, 0.25) is 0 Å². The van der Waals surface area contributed by atoms with Crippen LogP contribution < -0.4 is 54.0 Å². The van der Waals surface area contributed by atoms with Crippen molar-refractivity contribution in [1.29, 1.82) is 0 Å². The van der Waals surface area contributed by atoms with Gasteiger partial charge >= 0.3 is 0 Å². The molecule has 0 aliphatic rings. The van der Waals surface area contributed by atoms with Crippen LogP contribution in [-0.2, 0) is 60.9 Å². The molecular formula is C70H86N12O12. The third-order valence-corrected chi connectivity index (χ3v) is 14.7. The van der Waals surface area contributed by atoms with Crippen LogP contribution >= 0.6 is 0 Å². The molecule has 24 nitrogen and oxygen atoms in total. The summed E-state index contributed by atoms with van der Waals surface area (Å²) in [6.45, 7) is 2.05. The summed E-state index contributed by atoms with van der Waals surface area (Å²) in [6.07, 6.45) is 1.78. The number of carbonyl (C=O) groups excluding carboxylic acids is 8. The molecular weight excluding hydrogens is 1200 g/mol. The first-order valence-corrected chi connectivity index (χ1v) is 31.4. The molecule has 0 aliphatic heterocycles. The van der Waals surface area contributed by atoms with Crippen LogP contribution in [0.1, 0.15) is 109 Å². The van der Waals surface area contributed by atoms with Gasteiger partial charge < -0.3 is 63.1 Å². The van der Waals surface area contributed by atoms with Crippen LogP contribution in [0.3, 0.4) is 0 Å². The lowest BCUT2D eigenvalue weighted by Gasteiger charge is -2.23. The van der Waals surface area contributed by atoms with Crippen molar-refractivity contribution in [3.05, 3.63) is 203 Å². The first kappa shape index (κ1) is 72.6. The van der Waals surface area contributed by atoms with Gasteiger partial charge in [-0.25, -0.2) is 0 Å². The van der Waals surface area contributed by atoms with Crippen LogP contribution in [0.25, 0.3) is 0 Å². The number of nitrogens with two attached hydrogens (primary N) is 2. The number of phenols is 2. The van der Waals surface area contributed by atoms with Gasteiger partial charge in [-0.2, -0.15) is 0 Å². The van der Waals surface area contributed by atoms with Crippen LogP contribution in [0.15, 0.2) is 180 Å². The zero-order chi connectivity index (χ0) is 67.1. The van der Waals surface area contributed by atoms with E-state index in [0.717, 1.165) is 33.4 Å². The largest absolute Gasteiger partial charge is 0.508 e. The van der Waals surface area contributed by atoms with Gasteiger partial charge in [0.1, 0.15) is 23.6 Å². The van der Waals surface area contributed by atoms with Gasteiger partial charge in [-0.05, 0) is 96.2 Å². The Hall–Kier alpha value is -10.5. The fourth-order valence-corrected chi connectivity index (χ4v) is 9.80. The van der Waals surface area contributed by atoms with Gasteiger partial charge in [0.25, 0.3) is 0 Å². The van der Waals surface area contributed by atoms with E-state index in [-0.39, 0.29) is 164 Å². The summed E-state index contributed by atoms with van der Waals surface area (Å²) in [4.78, 5) is 114. The minimum atomic E-state index is -0.934. The molecule has 0 heterocycles. The molecule has 0 aromatic heterocycles. The number of phenolic OH excluding ortho intramolecular Hbond substituents is 2. The second kappa shape index (κ2) is 41.1. The average Bonchev–Trinajstić information content (AvgIpc) is 0.977. The number of benzene rings is 6. The van der Waals surface area contributed by atoms with Crippen LogP contribution in [-0.4, -0.2) is 134 Å². The number of guanidine groups is 2. The number of nitrogens with zero attached hydrogens (tertiary/aromatic N) is 2. The summed E-state index contributed by atoms with van der Waals surface area (Å²) >= 11 is 0. The SMILES string of the molecule is NC(=NCCC[C@H](NC(=O)C(c1ccccc1)c1ccccc1)C(=O)NCc1ccc(O)cc1)NC(=O)CCCC(=O)NCCOCCOCCNC(=O)CCCC(=O)NC(N)=NCCC[C@@H](NC(=O)C(c1ccccc1)c1ccccc1)C(=O)NCc1ccc(O)cc1. The lowest BCUT2D eigenvalue weighted by Crippen LogP contribution is -2.48. The van der Waals surface area contributed by atoms with Gasteiger partial charge in [-0.15, -0.1) is 0 Å². The lowest BCUT2D eigenvalue weighted by molar-refractivity contribution is -0.129. The van der Waals surface area contributed by atoms with Crippen molar-refractivity contribution in [1.82, 2.24) is 42.5 Å². The molecule has 2 atom stereocenters. The zero-order valence-corrected chi connectivity index (χ0v) is 52.6. The fourth-order valence-electron chi connectivity index (χ4n) is 9.80. The molecule has 94 heavy (non-hydrogen) atoms. The number of carbonyl (C=O) groups is 8. The summed E-state index contributed by atoms with van der Waals surface area (Å²) in [5.41, 5.74) is 16.6. The van der Waals surface area contributed by atoms with Crippen molar-refractivity contribution < 1.29 is 58.0 Å². The van der Waals surface area contributed by atoms with Gasteiger partial charge in [0.2, 0.25) is 47.3 Å². The summed E-state index contributed by atoms with van der Waals surface area (Å²) in [5.74, 6) is -4.32. The van der Waals surface area contributed by atoms with E-state index >= 15 is 0 Å². The number of nitrogens with one attached hydrogen (secondary N) is 8. The van der Waals surface area contributed by atoms with E-state index in [1.807, 2.05) is 121 Å². The third-order valence-electron chi connectivity index (χ3n) is 14.7. The highest BCUT2D eigenvalue weighted by Crippen LogP contribution is 2.27. The number of amides is 8. The van der Waals surface area contributed by atoms with Crippen LogP contribution in [0, 0.1) is 0 Å². The average molecular weight is 1290 g/mol. The van der Waals surface area contributed by atoms with Gasteiger partial charge in [0.15, 0.2) is 11.9 Å². The Morgan fingerprint density at radius 2 is 0.702 bits per heavy atom. The van der Waals surface area contributed by atoms with Gasteiger partial charge in [0, 0.05) is 65.0 Å². The maximum Gasteiger partial charge on any atom is 0.242 e. The smallest absolute Gasteiger partial charge is 0.242 e. The molecule has 14 N–H and O–H groups in total. The van der Waals surface area contributed by atoms with Crippen LogP contribution in [0.5, 0.6) is 11.5 Å². The molecule has 0 aliphatic carbocycles. The quantitative estimate of drug-likeness (QED) is 0.0142. The molecule has 6 aromatic rings. The van der Waals surface area contributed by atoms with E-state index < -0.39 is 47.5 Å². The molecule has 0 bridgehead atoms. The molecule has 498 valence electrons. The van der Waals surface area contributed by atoms with E-state index in [9.17, 15) is 48.6 Å². The molecule has 0 saturated carbocycles. The number of ether oxygens (including phenoxy) is 2. The second-order valence-corrected chi connectivity index (χ2v) is 21.9. The molecule has 0 saturated heterocycles. The number of hydrogen-bond donors (Lipinski definition) is 12. The summed E-state index contributed by atoms with van der Waals surface area (Å²) < 4.78 is 11.0. The van der Waals surface area contributed by atoms with Crippen molar-refractivity contribution in [2.24, 2.45) is 21.5 Å². The van der Waals surface area contributed by atoms with Gasteiger partial charge in [-0.3, -0.25) is 59.0 Å². The first-order chi connectivity index (χ1) is 45.6. The second-order valence-electron chi connectivity index (χ2n) is 21.9. The predicted molar refractivity (Wildman–Crippen MR) is 356 cm³/mol. The summed E-state index contributed by atoms with van der Waals surface area (Å²) in [5, 5.41) is 41.5. The van der Waals surface area contributed by atoms with E-state index in [4.69, 9.17) is 20.9 Å². The molecule has 0 fully saturated rings. The minimum Gasteiger partial charge on any atom is -0.508 e. The Morgan fingerprint density at radius 3 is 1.03 bits per heavy atom. The Bertz CT molecular complexity index is 3080. The van der Waals surface area contributed by atoms with E-state index in [2.05, 4.69) is 52.5 Å². The highest BCUT2D eigenvalue weighted by atomic mass is 16.5. The van der Waals surface area contributed by atoms with E-state index in [1.54, 1.807) is 24.3 Å². The molecule has 24 heteroatoms. The minimum absolute atomic E-state index is 0.0136. The van der Waals surface area contributed by atoms with Crippen molar-refractivity contribution in [3.8, 4) is 11.5 Å². The third kappa shape index (κ3) is 27.6. The highest BCUT2D eigenvalue weighted by Gasteiger charge is 2.30. The fraction of sp³-hybridized carbons (Fsp3) is 0.343. The monoisotopic (exact) mass is 1290 g/mol. The molecule has 0 radical (unpaired) electrons. The van der Waals surface area contributed by atoms with Crippen molar-refractivity contribution in [2.45, 2.75) is 101 Å². The number of rotatable bonds is 39. The standard InChI is InChI=1S/C70H86N12O12/c71-69(75-39-15-25-57(65(89)77-47-49-31-35-55(83)36-32-49)79-67(91)63(51-17-5-1-6-18-51)52-19-7-2-8-20-52)81-61(87)29-13-27-59(85)73-41-43-93-45-46-94-44-42-74-60(86)28-14-30-62(88)82-70(72)76-40-16-26-58(66(90)78-48-50-33-37-56(84)38-34-50)80-68(92)64(53-21-9-3-10-22-53)54-23-11-4-12-24-54/h1-12,17-24,31-38,57-58,63-64,83-84H,13-16,25-30,39-48H2,(H,73,85)(H,74,86)(H,77,89)(H,78,90)(H,79,91)(H,80,92)(H3,71,75,81,87)(H3,72,76,82,88)/t57-,58+. The van der Waals surface area contributed by atoms with Crippen molar-refractivity contribution in [3.63, 3.8) is 0 Å². The Balaban J connectivity index is 0.781. The van der Waals surface area contributed by atoms with E-state index in [0.29, 0.717) is 12.8 Å². The molecule has 0 unspecified atom stereocenters. The molecule has 8 amide bonds. The number of aromatic hydroxyl groups is 2. The molecule has 6 aromatic carbocycles. The number of hydrogen-bond acceptors (Lipinski definition) is 14. The van der Waals surface area contributed by atoms with Gasteiger partial charge in [0.05, 0.1) is 38.3 Å². The van der Waals surface area contributed by atoms with Gasteiger partial charge in [-0.1, -0.05) is 146 Å². The van der Waals surface area contributed by atoms with E-state index in [1.165, 1.54) is 24.3 Å². The van der Waals surface area contributed by atoms with Crippen LogP contribution in [0.4, 0.5) is 0 Å². The summed E-state index contributed by atoms with van der Waals surface area (Å²) in [6, 6.07) is 48.1. The first-order valence-electron chi connectivity index (χ1n) is 31.4. The van der Waals surface area contributed by atoms with Crippen molar-refractivity contribution >= 4 is 59.2 Å².